The largest absolute Gasteiger partial charge is 0.338 e. The number of halogens is 2. The molecule has 0 saturated carbocycles. The minimum atomic E-state index is 0. The maximum Gasteiger partial charge on any atom is 0.244 e. The monoisotopic (exact) mass is 322 g/mol. The molecule has 116 valence electrons. The minimum Gasteiger partial charge on any atom is -0.338 e. The van der Waals surface area contributed by atoms with Crippen molar-refractivity contribution < 1.29 is 4.79 Å². The molecule has 1 aromatic rings. The van der Waals surface area contributed by atoms with Crippen molar-refractivity contribution in [2.24, 2.45) is 11.7 Å². The first-order valence-corrected chi connectivity index (χ1v) is 6.52. The molecule has 20 heavy (non-hydrogen) atoms. The van der Waals surface area contributed by atoms with Crippen LogP contribution < -0.4 is 5.73 Å². The van der Waals surface area contributed by atoms with Crippen LogP contribution in [0.1, 0.15) is 24.7 Å². The van der Waals surface area contributed by atoms with Gasteiger partial charge in [-0.15, -0.1) is 24.8 Å². The fourth-order valence-corrected chi connectivity index (χ4v) is 2.71. The van der Waals surface area contributed by atoms with Crippen molar-refractivity contribution in [3.05, 3.63) is 17.5 Å². The highest BCUT2D eigenvalue weighted by molar-refractivity contribution is 5.85. The van der Waals surface area contributed by atoms with Crippen LogP contribution in [0.3, 0.4) is 0 Å². The molecule has 1 fully saturated rings. The van der Waals surface area contributed by atoms with Gasteiger partial charge in [0.2, 0.25) is 5.91 Å². The first-order valence-electron chi connectivity index (χ1n) is 6.52. The number of amides is 1. The summed E-state index contributed by atoms with van der Waals surface area (Å²) in [6.07, 6.45) is 1.01. The van der Waals surface area contributed by atoms with E-state index in [1.807, 2.05) is 24.8 Å². The topological polar surface area (TPSA) is 64.2 Å². The molecule has 2 heterocycles. The molecular formula is C13H24Cl2N4O. The Hall–Kier alpha value is -0.780. The smallest absolute Gasteiger partial charge is 0.244 e. The van der Waals surface area contributed by atoms with Crippen LogP contribution in [0, 0.1) is 19.8 Å². The van der Waals surface area contributed by atoms with E-state index in [9.17, 15) is 4.79 Å². The lowest BCUT2D eigenvalue weighted by Crippen LogP contribution is -2.37. The molecule has 7 heteroatoms. The molecule has 1 aliphatic heterocycles. The number of likely N-dealkylation sites (tertiary alicyclic amines) is 1. The standard InChI is InChI=1S/C13H22N4O.2ClH/c1-9-4-11(3)17(15-9)8-13(18)16-7-12(6-14)5-10(16)2;;/h4,10,12H,5-8,14H2,1-3H3;2*1H. The zero-order chi connectivity index (χ0) is 13.3. The Morgan fingerprint density at radius 1 is 1.45 bits per heavy atom. The SMILES string of the molecule is Cc1cc(C)n(CC(=O)N2CC(CN)CC2C)n1.Cl.Cl. The predicted octanol–water partition coefficient (Wildman–Crippen LogP) is 1.54. The molecule has 0 radical (unpaired) electrons. The van der Waals surface area contributed by atoms with Crippen LogP contribution >= 0.6 is 24.8 Å². The van der Waals surface area contributed by atoms with Crippen LogP contribution in [0.5, 0.6) is 0 Å². The lowest BCUT2D eigenvalue weighted by atomic mass is 10.1. The number of carbonyl (C=O) groups is 1. The number of aromatic nitrogens is 2. The molecule has 1 saturated heterocycles. The molecule has 0 aromatic carbocycles. The van der Waals surface area contributed by atoms with Gasteiger partial charge in [0, 0.05) is 18.3 Å². The van der Waals surface area contributed by atoms with E-state index in [0.717, 1.165) is 24.4 Å². The van der Waals surface area contributed by atoms with Gasteiger partial charge in [0.25, 0.3) is 0 Å². The second-order valence-corrected chi connectivity index (χ2v) is 5.32. The molecule has 2 rings (SSSR count). The van der Waals surface area contributed by atoms with Gasteiger partial charge in [0.15, 0.2) is 0 Å². The lowest BCUT2D eigenvalue weighted by molar-refractivity contribution is -0.132. The third kappa shape index (κ3) is 4.11. The van der Waals surface area contributed by atoms with Gasteiger partial charge >= 0.3 is 0 Å². The van der Waals surface area contributed by atoms with E-state index in [1.54, 1.807) is 4.68 Å². The lowest BCUT2D eigenvalue weighted by Gasteiger charge is -2.21. The first-order chi connectivity index (χ1) is 8.51. The number of nitrogens with zero attached hydrogens (tertiary/aromatic N) is 3. The predicted molar refractivity (Wildman–Crippen MR) is 84.5 cm³/mol. The number of nitrogens with two attached hydrogens (primary N) is 1. The Balaban J connectivity index is 0.00000180. The summed E-state index contributed by atoms with van der Waals surface area (Å²) in [6.45, 7) is 7.79. The van der Waals surface area contributed by atoms with E-state index in [4.69, 9.17) is 5.73 Å². The summed E-state index contributed by atoms with van der Waals surface area (Å²) in [5.41, 5.74) is 7.67. The van der Waals surface area contributed by atoms with Gasteiger partial charge in [0.05, 0.1) is 5.69 Å². The maximum absolute atomic E-state index is 12.3. The zero-order valence-corrected chi connectivity index (χ0v) is 13.8. The average molecular weight is 323 g/mol. The summed E-state index contributed by atoms with van der Waals surface area (Å²) >= 11 is 0. The normalized spacial score (nSPS) is 21.3. The van der Waals surface area contributed by atoms with Crippen LogP contribution in [0.25, 0.3) is 0 Å². The van der Waals surface area contributed by atoms with Gasteiger partial charge in [-0.05, 0) is 45.7 Å². The Kier molecular flexibility index (Phi) is 7.55. The molecule has 2 unspecified atom stereocenters. The highest BCUT2D eigenvalue weighted by atomic mass is 35.5. The van der Waals surface area contributed by atoms with E-state index >= 15 is 0 Å². The summed E-state index contributed by atoms with van der Waals surface area (Å²) in [5.74, 6) is 0.592. The summed E-state index contributed by atoms with van der Waals surface area (Å²) in [7, 11) is 0. The first kappa shape index (κ1) is 19.2. The van der Waals surface area contributed by atoms with Crippen molar-refractivity contribution >= 4 is 30.7 Å². The Bertz CT molecular complexity index is 450. The number of hydrogen-bond acceptors (Lipinski definition) is 3. The van der Waals surface area contributed by atoms with Crippen LogP contribution in [-0.4, -0.2) is 39.7 Å². The van der Waals surface area contributed by atoms with Crippen molar-refractivity contribution in [1.29, 1.82) is 0 Å². The Morgan fingerprint density at radius 2 is 2.10 bits per heavy atom. The highest BCUT2D eigenvalue weighted by Gasteiger charge is 2.31. The van der Waals surface area contributed by atoms with Crippen molar-refractivity contribution in [2.45, 2.75) is 39.8 Å². The van der Waals surface area contributed by atoms with Gasteiger partial charge in [-0.1, -0.05) is 0 Å². The van der Waals surface area contributed by atoms with E-state index < -0.39 is 0 Å². The Morgan fingerprint density at radius 3 is 2.55 bits per heavy atom. The zero-order valence-electron chi connectivity index (χ0n) is 12.2. The van der Waals surface area contributed by atoms with Gasteiger partial charge < -0.3 is 10.6 Å². The minimum absolute atomic E-state index is 0. The fourth-order valence-electron chi connectivity index (χ4n) is 2.71. The average Bonchev–Trinajstić information content (AvgIpc) is 2.82. The second kappa shape index (κ2) is 7.86. The number of rotatable bonds is 3. The van der Waals surface area contributed by atoms with Gasteiger partial charge in [-0.3, -0.25) is 9.48 Å². The summed E-state index contributed by atoms with van der Waals surface area (Å²) in [4.78, 5) is 14.2. The van der Waals surface area contributed by atoms with Gasteiger partial charge in [-0.2, -0.15) is 5.10 Å². The molecule has 2 N–H and O–H groups in total. The van der Waals surface area contributed by atoms with Crippen molar-refractivity contribution in [3.63, 3.8) is 0 Å². The van der Waals surface area contributed by atoms with Crippen LogP contribution in [-0.2, 0) is 11.3 Å². The summed E-state index contributed by atoms with van der Waals surface area (Å²) in [5, 5.41) is 4.33. The number of aryl methyl sites for hydroxylation is 2. The van der Waals surface area contributed by atoms with Crippen LogP contribution in [0.15, 0.2) is 6.07 Å². The summed E-state index contributed by atoms with van der Waals surface area (Å²) in [6, 6.07) is 2.28. The van der Waals surface area contributed by atoms with Crippen molar-refractivity contribution in [2.75, 3.05) is 13.1 Å². The molecule has 5 nitrogen and oxygen atoms in total. The number of carbonyl (C=O) groups excluding carboxylic acids is 1. The van der Waals surface area contributed by atoms with E-state index in [1.165, 1.54) is 0 Å². The van der Waals surface area contributed by atoms with E-state index in [0.29, 0.717) is 25.0 Å². The number of hydrogen-bond donors (Lipinski definition) is 1. The van der Waals surface area contributed by atoms with E-state index in [-0.39, 0.29) is 30.7 Å². The van der Waals surface area contributed by atoms with Gasteiger partial charge in [-0.25, -0.2) is 0 Å². The molecule has 0 spiro atoms. The van der Waals surface area contributed by atoms with Crippen molar-refractivity contribution in [1.82, 2.24) is 14.7 Å². The molecule has 1 aromatic heterocycles. The third-order valence-electron chi connectivity index (χ3n) is 3.70. The van der Waals surface area contributed by atoms with Crippen molar-refractivity contribution in [3.8, 4) is 0 Å². The molecule has 0 aliphatic carbocycles. The van der Waals surface area contributed by atoms with Crippen LogP contribution in [0.4, 0.5) is 0 Å². The maximum atomic E-state index is 12.3. The molecular weight excluding hydrogens is 299 g/mol. The second-order valence-electron chi connectivity index (χ2n) is 5.32. The quantitative estimate of drug-likeness (QED) is 0.918. The highest BCUT2D eigenvalue weighted by Crippen LogP contribution is 2.22. The molecule has 1 aliphatic rings. The van der Waals surface area contributed by atoms with Gasteiger partial charge in [0.1, 0.15) is 6.54 Å². The fraction of sp³-hybridized carbons (Fsp3) is 0.692. The van der Waals surface area contributed by atoms with E-state index in [2.05, 4.69) is 12.0 Å². The summed E-state index contributed by atoms with van der Waals surface area (Å²) < 4.78 is 1.78. The van der Waals surface area contributed by atoms with Crippen LogP contribution in [0.2, 0.25) is 0 Å². The third-order valence-corrected chi connectivity index (χ3v) is 3.70. The Labute approximate surface area is 132 Å². The molecule has 0 bridgehead atoms. The molecule has 1 amide bonds. The molecule has 2 atom stereocenters.